The van der Waals surface area contributed by atoms with Crippen LogP contribution in [0, 0.1) is 12.7 Å². The molecule has 0 spiro atoms. The first-order valence-electron chi connectivity index (χ1n) is 5.28. The molecule has 0 radical (unpaired) electrons. The van der Waals surface area contributed by atoms with Gasteiger partial charge in [-0.2, -0.15) is 0 Å². The van der Waals surface area contributed by atoms with Crippen LogP contribution in [0.3, 0.4) is 0 Å². The van der Waals surface area contributed by atoms with Gasteiger partial charge < -0.3 is 0 Å². The maximum atomic E-state index is 13.9. The van der Waals surface area contributed by atoms with E-state index >= 15 is 0 Å². The van der Waals surface area contributed by atoms with Crippen LogP contribution in [0.25, 0.3) is 11.1 Å². The highest BCUT2D eigenvalue weighted by Crippen LogP contribution is 2.30. The average Bonchev–Trinajstić information content (AvgIpc) is 2.28. The second-order valence-corrected chi connectivity index (χ2v) is 5.49. The Labute approximate surface area is 117 Å². The summed E-state index contributed by atoms with van der Waals surface area (Å²) in [5.41, 5.74) is 1.21. The summed E-state index contributed by atoms with van der Waals surface area (Å²) >= 11 is 0. The first-order valence-corrected chi connectivity index (χ1v) is 6.83. The van der Waals surface area contributed by atoms with E-state index < -0.39 is 15.8 Å². The molecule has 0 fully saturated rings. The molecule has 0 aliphatic carbocycles. The summed E-state index contributed by atoms with van der Waals surface area (Å²) in [5.74, 6) is -0.467. The van der Waals surface area contributed by atoms with E-state index in [1.54, 1.807) is 37.3 Å². The Balaban J connectivity index is 0.00000180. The van der Waals surface area contributed by atoms with Gasteiger partial charge in [-0.25, -0.2) is 17.9 Å². The number of primary sulfonamides is 1. The van der Waals surface area contributed by atoms with Crippen molar-refractivity contribution in [1.82, 2.24) is 0 Å². The van der Waals surface area contributed by atoms with E-state index in [2.05, 4.69) is 0 Å². The molecule has 0 atom stereocenters. The van der Waals surface area contributed by atoms with Gasteiger partial charge in [0.1, 0.15) is 5.82 Å². The van der Waals surface area contributed by atoms with Crippen molar-refractivity contribution in [2.75, 3.05) is 0 Å². The first-order chi connectivity index (χ1) is 8.41. The number of rotatable bonds is 2. The van der Waals surface area contributed by atoms with Crippen LogP contribution in [0.2, 0.25) is 0 Å². The molecular weight excluding hydrogens is 289 g/mol. The third-order valence-corrected chi connectivity index (χ3v) is 3.79. The summed E-state index contributed by atoms with van der Waals surface area (Å²) in [6, 6.07) is 11.1. The third-order valence-electron chi connectivity index (χ3n) is 2.73. The maximum Gasteiger partial charge on any atom is 0.238 e. The highest BCUT2D eigenvalue weighted by atomic mass is 35.5. The van der Waals surface area contributed by atoms with Gasteiger partial charge >= 0.3 is 0 Å². The molecule has 2 rings (SSSR count). The van der Waals surface area contributed by atoms with Crippen LogP contribution < -0.4 is 5.14 Å². The lowest BCUT2D eigenvalue weighted by Gasteiger charge is -2.11. The number of halogens is 2. The minimum absolute atomic E-state index is 0. The van der Waals surface area contributed by atoms with Gasteiger partial charge in [0.15, 0.2) is 0 Å². The van der Waals surface area contributed by atoms with Crippen molar-refractivity contribution in [2.45, 2.75) is 11.8 Å². The molecule has 0 aliphatic rings. The monoisotopic (exact) mass is 301 g/mol. The van der Waals surface area contributed by atoms with Gasteiger partial charge in [0.25, 0.3) is 0 Å². The molecule has 0 unspecified atom stereocenters. The fraction of sp³-hybridized carbons (Fsp3) is 0.0769. The Bertz CT molecular complexity index is 687. The minimum atomic E-state index is -3.85. The normalized spacial score (nSPS) is 10.9. The zero-order valence-corrected chi connectivity index (χ0v) is 11.8. The molecule has 0 aromatic heterocycles. The van der Waals surface area contributed by atoms with Gasteiger partial charge in [-0.05, 0) is 30.2 Å². The van der Waals surface area contributed by atoms with Crippen LogP contribution in [0.4, 0.5) is 4.39 Å². The summed E-state index contributed by atoms with van der Waals surface area (Å²) in [4.78, 5) is -0.0530. The predicted octanol–water partition coefficient (Wildman–Crippen LogP) is 2.87. The summed E-state index contributed by atoms with van der Waals surface area (Å²) in [5, 5.41) is 5.10. The van der Waals surface area contributed by atoms with Crippen molar-refractivity contribution in [3.05, 3.63) is 53.8 Å². The third kappa shape index (κ3) is 3.12. The van der Waals surface area contributed by atoms with Gasteiger partial charge in [0, 0.05) is 5.56 Å². The van der Waals surface area contributed by atoms with E-state index in [1.165, 1.54) is 6.07 Å². The van der Waals surface area contributed by atoms with E-state index in [1.807, 2.05) is 0 Å². The van der Waals surface area contributed by atoms with Crippen LogP contribution in [-0.2, 0) is 10.0 Å². The fourth-order valence-corrected chi connectivity index (χ4v) is 2.71. The molecular formula is C13H13ClFNO2S. The molecule has 19 heavy (non-hydrogen) atoms. The zero-order chi connectivity index (χ0) is 13.3. The van der Waals surface area contributed by atoms with Gasteiger partial charge in [0.2, 0.25) is 10.0 Å². The van der Waals surface area contributed by atoms with Crippen molar-refractivity contribution < 1.29 is 12.8 Å². The van der Waals surface area contributed by atoms with Gasteiger partial charge in [-0.15, -0.1) is 12.4 Å². The average molecular weight is 302 g/mol. The molecule has 2 aromatic carbocycles. The number of hydrogen-bond acceptors (Lipinski definition) is 2. The van der Waals surface area contributed by atoms with Gasteiger partial charge in [0.05, 0.1) is 4.90 Å². The van der Waals surface area contributed by atoms with E-state index in [-0.39, 0.29) is 22.9 Å². The van der Waals surface area contributed by atoms with Crippen LogP contribution in [-0.4, -0.2) is 8.42 Å². The number of sulfonamides is 1. The molecule has 0 saturated heterocycles. The van der Waals surface area contributed by atoms with Gasteiger partial charge in [-0.1, -0.05) is 30.3 Å². The molecule has 0 saturated carbocycles. The van der Waals surface area contributed by atoms with E-state index in [0.717, 1.165) is 6.07 Å². The van der Waals surface area contributed by atoms with Crippen LogP contribution in [0.5, 0.6) is 0 Å². The molecule has 6 heteroatoms. The zero-order valence-electron chi connectivity index (χ0n) is 10.1. The lowest BCUT2D eigenvalue weighted by molar-refractivity contribution is 0.596. The van der Waals surface area contributed by atoms with Crippen LogP contribution >= 0.6 is 12.4 Å². The van der Waals surface area contributed by atoms with Crippen LogP contribution in [0.1, 0.15) is 5.56 Å². The van der Waals surface area contributed by atoms with Crippen LogP contribution in [0.15, 0.2) is 47.4 Å². The molecule has 2 aromatic rings. The summed E-state index contributed by atoms with van der Waals surface area (Å²) < 4.78 is 36.7. The Morgan fingerprint density at radius 2 is 1.63 bits per heavy atom. The summed E-state index contributed by atoms with van der Waals surface area (Å²) in [6.07, 6.45) is 0. The van der Waals surface area contributed by atoms with Crippen molar-refractivity contribution in [1.29, 1.82) is 0 Å². The Hall–Kier alpha value is -1.43. The van der Waals surface area contributed by atoms with Crippen molar-refractivity contribution in [3.63, 3.8) is 0 Å². The lowest BCUT2D eigenvalue weighted by atomic mass is 10.00. The van der Waals surface area contributed by atoms with E-state index in [4.69, 9.17) is 5.14 Å². The molecule has 0 bridgehead atoms. The SMILES string of the molecule is Cc1c(S(N)(=O)=O)ccc(F)c1-c1ccccc1.Cl. The standard InChI is InChI=1S/C13H12FNO2S.ClH/c1-9-12(18(15,16)17)8-7-11(14)13(9)10-5-3-2-4-6-10;/h2-8H,1H3,(H2,15,16,17);1H. The highest BCUT2D eigenvalue weighted by molar-refractivity contribution is 7.89. The Morgan fingerprint density at radius 1 is 1.05 bits per heavy atom. The second kappa shape index (κ2) is 5.69. The molecule has 0 aliphatic heterocycles. The number of benzene rings is 2. The van der Waals surface area contributed by atoms with Gasteiger partial charge in [-0.3, -0.25) is 0 Å². The molecule has 2 N–H and O–H groups in total. The van der Waals surface area contributed by atoms with Crippen molar-refractivity contribution >= 4 is 22.4 Å². The smallest absolute Gasteiger partial charge is 0.225 e. The van der Waals surface area contributed by atoms with E-state index in [0.29, 0.717) is 11.1 Å². The first kappa shape index (κ1) is 15.6. The fourth-order valence-electron chi connectivity index (χ4n) is 1.93. The quantitative estimate of drug-likeness (QED) is 0.927. The summed E-state index contributed by atoms with van der Waals surface area (Å²) in [7, 11) is -3.85. The molecule has 3 nitrogen and oxygen atoms in total. The largest absolute Gasteiger partial charge is 0.238 e. The molecule has 0 heterocycles. The lowest BCUT2D eigenvalue weighted by Crippen LogP contribution is -2.14. The molecule has 0 amide bonds. The Morgan fingerprint density at radius 3 is 2.16 bits per heavy atom. The van der Waals surface area contributed by atoms with E-state index in [9.17, 15) is 12.8 Å². The maximum absolute atomic E-state index is 13.9. The Kier molecular flexibility index (Phi) is 4.68. The highest BCUT2D eigenvalue weighted by Gasteiger charge is 2.18. The minimum Gasteiger partial charge on any atom is -0.225 e. The number of hydrogen-bond donors (Lipinski definition) is 1. The predicted molar refractivity (Wildman–Crippen MR) is 75.2 cm³/mol. The van der Waals surface area contributed by atoms with Crippen molar-refractivity contribution in [2.24, 2.45) is 5.14 Å². The second-order valence-electron chi connectivity index (χ2n) is 3.96. The number of nitrogens with two attached hydrogens (primary N) is 1. The molecule has 102 valence electrons. The topological polar surface area (TPSA) is 60.2 Å². The summed E-state index contributed by atoms with van der Waals surface area (Å²) in [6.45, 7) is 1.55. The van der Waals surface area contributed by atoms with Crippen molar-refractivity contribution in [3.8, 4) is 11.1 Å².